The van der Waals surface area contributed by atoms with Gasteiger partial charge in [-0.1, -0.05) is 23.9 Å². The zero-order valence-electron chi connectivity index (χ0n) is 9.80. The minimum atomic E-state index is -0.228. The van der Waals surface area contributed by atoms with Gasteiger partial charge >= 0.3 is 0 Å². The van der Waals surface area contributed by atoms with E-state index in [4.69, 9.17) is 0 Å². The van der Waals surface area contributed by atoms with Gasteiger partial charge in [0.05, 0.1) is 11.0 Å². The van der Waals surface area contributed by atoms with E-state index in [9.17, 15) is 4.39 Å². The normalized spacial score (nSPS) is 11.0. The summed E-state index contributed by atoms with van der Waals surface area (Å²) in [7, 11) is 0. The quantitative estimate of drug-likeness (QED) is 0.649. The highest BCUT2D eigenvalue weighted by molar-refractivity contribution is 7.98. The molecule has 0 radical (unpaired) electrons. The maximum atomic E-state index is 13.0. The lowest BCUT2D eigenvalue weighted by atomic mass is 10.3. The van der Waals surface area contributed by atoms with Gasteiger partial charge in [-0.25, -0.2) is 9.37 Å². The molecule has 0 saturated carbocycles. The molecule has 0 aliphatic carbocycles. The lowest BCUT2D eigenvalue weighted by Gasteiger charge is -2.07. The van der Waals surface area contributed by atoms with E-state index in [1.165, 1.54) is 12.1 Å². The number of hydrogen-bond donors (Lipinski definition) is 0. The third-order valence-corrected chi connectivity index (χ3v) is 3.44. The smallest absolute Gasteiger partial charge is 0.173 e. The standard InChI is InChI=1S/C14H11FN2S/c1-18-14-16-12-4-2-3-5-13(12)17(14)11-8-6-10(15)7-9-11/h2-9H,1H3. The van der Waals surface area contributed by atoms with Gasteiger partial charge < -0.3 is 0 Å². The minimum absolute atomic E-state index is 0.228. The summed E-state index contributed by atoms with van der Waals surface area (Å²) < 4.78 is 15.0. The van der Waals surface area contributed by atoms with Crippen LogP contribution in [0.25, 0.3) is 16.7 Å². The molecule has 0 aliphatic rings. The summed E-state index contributed by atoms with van der Waals surface area (Å²) in [6.07, 6.45) is 1.99. The van der Waals surface area contributed by atoms with Gasteiger partial charge in [0.1, 0.15) is 5.82 Å². The second kappa shape index (κ2) is 4.46. The fourth-order valence-electron chi connectivity index (χ4n) is 1.98. The van der Waals surface area contributed by atoms with Crippen molar-refractivity contribution in [1.29, 1.82) is 0 Å². The number of hydrogen-bond acceptors (Lipinski definition) is 2. The molecule has 2 aromatic carbocycles. The number of nitrogens with zero attached hydrogens (tertiary/aromatic N) is 2. The van der Waals surface area contributed by atoms with Crippen molar-refractivity contribution in [3.05, 3.63) is 54.3 Å². The van der Waals surface area contributed by atoms with Crippen LogP contribution < -0.4 is 0 Å². The average Bonchev–Trinajstić information content (AvgIpc) is 2.78. The molecule has 90 valence electrons. The first-order valence-electron chi connectivity index (χ1n) is 5.57. The van der Waals surface area contributed by atoms with Gasteiger partial charge in [0, 0.05) is 5.69 Å². The number of halogens is 1. The molecule has 0 spiro atoms. The van der Waals surface area contributed by atoms with Gasteiger partial charge in [-0.05, 0) is 42.7 Å². The van der Waals surface area contributed by atoms with Crippen LogP contribution >= 0.6 is 11.8 Å². The Morgan fingerprint density at radius 3 is 2.50 bits per heavy atom. The predicted molar refractivity (Wildman–Crippen MR) is 72.8 cm³/mol. The Morgan fingerprint density at radius 2 is 1.78 bits per heavy atom. The summed E-state index contributed by atoms with van der Waals surface area (Å²) in [6.45, 7) is 0. The molecule has 0 saturated heterocycles. The molecule has 0 atom stereocenters. The van der Waals surface area contributed by atoms with Crippen molar-refractivity contribution in [3.63, 3.8) is 0 Å². The molecule has 1 heterocycles. The van der Waals surface area contributed by atoms with Crippen LogP contribution in [0.1, 0.15) is 0 Å². The second-order valence-corrected chi connectivity index (χ2v) is 4.67. The van der Waals surface area contributed by atoms with Crippen molar-refractivity contribution < 1.29 is 4.39 Å². The lowest BCUT2D eigenvalue weighted by Crippen LogP contribution is -1.95. The molecule has 3 aromatic rings. The van der Waals surface area contributed by atoms with E-state index >= 15 is 0 Å². The van der Waals surface area contributed by atoms with E-state index in [-0.39, 0.29) is 5.82 Å². The highest BCUT2D eigenvalue weighted by Crippen LogP contribution is 2.26. The maximum Gasteiger partial charge on any atom is 0.173 e. The minimum Gasteiger partial charge on any atom is -0.287 e. The fourth-order valence-corrected chi connectivity index (χ4v) is 2.56. The number of fused-ring (bicyclic) bond motifs is 1. The first-order valence-corrected chi connectivity index (χ1v) is 6.79. The summed E-state index contributed by atoms with van der Waals surface area (Å²) in [4.78, 5) is 4.56. The van der Waals surface area contributed by atoms with Crippen LogP contribution in [-0.2, 0) is 0 Å². The largest absolute Gasteiger partial charge is 0.287 e. The molecule has 0 unspecified atom stereocenters. The lowest BCUT2D eigenvalue weighted by molar-refractivity contribution is 0.627. The highest BCUT2D eigenvalue weighted by Gasteiger charge is 2.10. The Balaban J connectivity index is 2.29. The van der Waals surface area contributed by atoms with Crippen LogP contribution in [0.5, 0.6) is 0 Å². The second-order valence-electron chi connectivity index (χ2n) is 3.90. The van der Waals surface area contributed by atoms with Crippen molar-refractivity contribution in [1.82, 2.24) is 9.55 Å². The van der Waals surface area contributed by atoms with Gasteiger partial charge in [0.2, 0.25) is 0 Å². The van der Waals surface area contributed by atoms with Crippen molar-refractivity contribution in [2.75, 3.05) is 6.26 Å². The zero-order valence-corrected chi connectivity index (χ0v) is 10.6. The summed E-state index contributed by atoms with van der Waals surface area (Å²) in [5.41, 5.74) is 2.91. The number of benzene rings is 2. The summed E-state index contributed by atoms with van der Waals surface area (Å²) in [5, 5.41) is 0.905. The van der Waals surface area contributed by atoms with Gasteiger partial charge in [-0.2, -0.15) is 0 Å². The fraction of sp³-hybridized carbons (Fsp3) is 0.0714. The molecular formula is C14H11FN2S. The first kappa shape index (κ1) is 11.3. The van der Waals surface area contributed by atoms with E-state index in [1.54, 1.807) is 23.9 Å². The van der Waals surface area contributed by atoms with Crippen LogP contribution in [0.3, 0.4) is 0 Å². The summed E-state index contributed by atoms with van der Waals surface area (Å²) in [6, 6.07) is 14.4. The Labute approximate surface area is 108 Å². The maximum absolute atomic E-state index is 13.0. The Hall–Kier alpha value is -1.81. The van der Waals surface area contributed by atoms with E-state index in [1.807, 2.05) is 35.1 Å². The average molecular weight is 258 g/mol. The Morgan fingerprint density at radius 1 is 1.06 bits per heavy atom. The molecule has 0 amide bonds. The van der Waals surface area contributed by atoms with Gasteiger partial charge in [-0.15, -0.1) is 0 Å². The molecule has 0 N–H and O–H groups in total. The van der Waals surface area contributed by atoms with E-state index < -0.39 is 0 Å². The zero-order chi connectivity index (χ0) is 12.5. The molecular weight excluding hydrogens is 247 g/mol. The topological polar surface area (TPSA) is 17.8 Å². The number of aromatic nitrogens is 2. The van der Waals surface area contributed by atoms with Crippen LogP contribution in [0.4, 0.5) is 4.39 Å². The van der Waals surface area contributed by atoms with Crippen LogP contribution in [0.2, 0.25) is 0 Å². The number of para-hydroxylation sites is 2. The van der Waals surface area contributed by atoms with E-state index in [2.05, 4.69) is 4.98 Å². The van der Waals surface area contributed by atoms with Crippen molar-refractivity contribution in [2.45, 2.75) is 5.16 Å². The molecule has 1 aromatic heterocycles. The van der Waals surface area contributed by atoms with E-state index in [0.717, 1.165) is 21.9 Å². The third-order valence-electron chi connectivity index (χ3n) is 2.80. The summed E-state index contributed by atoms with van der Waals surface area (Å²) >= 11 is 1.58. The monoisotopic (exact) mass is 258 g/mol. The predicted octanol–water partition coefficient (Wildman–Crippen LogP) is 3.89. The molecule has 2 nitrogen and oxygen atoms in total. The van der Waals surface area contributed by atoms with Crippen LogP contribution in [0.15, 0.2) is 53.7 Å². The van der Waals surface area contributed by atoms with Gasteiger partial charge in [0.15, 0.2) is 5.16 Å². The Kier molecular flexibility index (Phi) is 2.80. The molecule has 0 fully saturated rings. The first-order chi connectivity index (χ1) is 8.79. The SMILES string of the molecule is CSc1nc2ccccc2n1-c1ccc(F)cc1. The van der Waals surface area contributed by atoms with Crippen molar-refractivity contribution in [2.24, 2.45) is 0 Å². The molecule has 4 heteroatoms. The molecule has 3 rings (SSSR count). The van der Waals surface area contributed by atoms with Gasteiger partial charge in [0.25, 0.3) is 0 Å². The number of imidazole rings is 1. The highest BCUT2D eigenvalue weighted by atomic mass is 32.2. The van der Waals surface area contributed by atoms with Crippen LogP contribution in [-0.4, -0.2) is 15.8 Å². The van der Waals surface area contributed by atoms with Gasteiger partial charge in [-0.3, -0.25) is 4.57 Å². The Bertz CT molecular complexity index is 689. The molecule has 0 aliphatic heterocycles. The summed E-state index contributed by atoms with van der Waals surface area (Å²) in [5.74, 6) is -0.228. The number of rotatable bonds is 2. The van der Waals surface area contributed by atoms with Crippen molar-refractivity contribution >= 4 is 22.8 Å². The van der Waals surface area contributed by atoms with Crippen molar-refractivity contribution in [3.8, 4) is 5.69 Å². The van der Waals surface area contributed by atoms with E-state index in [0.29, 0.717) is 0 Å². The molecule has 18 heavy (non-hydrogen) atoms. The van der Waals surface area contributed by atoms with Crippen LogP contribution in [0, 0.1) is 5.82 Å². The third kappa shape index (κ3) is 1.78. The molecule has 0 bridgehead atoms. The number of thioether (sulfide) groups is 1.